The predicted molar refractivity (Wildman–Crippen MR) is 129 cm³/mol. The zero-order valence-corrected chi connectivity index (χ0v) is 20.8. The zero-order valence-electron chi connectivity index (χ0n) is 17.6. The number of fused-ring (bicyclic) bond motifs is 1. The molecule has 12 heteroatoms. The molecule has 4 rings (SSSR count). The fourth-order valence-electron chi connectivity index (χ4n) is 3.77. The molecule has 1 aromatic carbocycles. The van der Waals surface area contributed by atoms with Crippen LogP contribution in [0, 0.1) is 0 Å². The molecule has 3 heterocycles. The highest BCUT2D eigenvalue weighted by atomic mass is 35.5. The number of hydrogen-bond donors (Lipinski definition) is 3. The van der Waals surface area contributed by atoms with Crippen LogP contribution in [0.1, 0.15) is 5.69 Å². The fraction of sp³-hybridized carbons (Fsp3) is 0.273. The van der Waals surface area contributed by atoms with Gasteiger partial charge in [0.1, 0.15) is 23.7 Å². The van der Waals surface area contributed by atoms with Crippen molar-refractivity contribution in [3.05, 3.63) is 69.6 Å². The Hall–Kier alpha value is -2.24. The third-order valence-electron chi connectivity index (χ3n) is 5.38. The first-order valence-electron chi connectivity index (χ1n) is 10.2. The number of aliphatic carboxylic acids is 1. The fourth-order valence-corrected chi connectivity index (χ4v) is 6.41. The minimum atomic E-state index is -1.20. The molecule has 8 nitrogen and oxygen atoms in total. The van der Waals surface area contributed by atoms with Crippen molar-refractivity contribution in [3.8, 4) is 0 Å². The lowest BCUT2D eigenvalue weighted by Crippen LogP contribution is -2.71. The van der Waals surface area contributed by atoms with Gasteiger partial charge in [0.15, 0.2) is 12.7 Å². The third kappa shape index (κ3) is 5.06. The molecule has 0 radical (unpaired) electrons. The first-order valence-corrected chi connectivity index (χ1v) is 12.9. The maximum atomic E-state index is 12.8. The van der Waals surface area contributed by atoms with Crippen LogP contribution in [-0.4, -0.2) is 55.8 Å². The minimum Gasteiger partial charge on any atom is -0.477 e. The highest BCUT2D eigenvalue weighted by molar-refractivity contribution is 8.00. The summed E-state index contributed by atoms with van der Waals surface area (Å²) < 4.78 is 1.75. The topological polar surface area (TPSA) is 111 Å². The summed E-state index contributed by atoms with van der Waals surface area (Å²) in [4.78, 5) is 39.3. The third-order valence-corrected chi connectivity index (χ3v) is 8.45. The average Bonchev–Trinajstić information content (AvgIpc) is 2.82. The molecule has 2 aliphatic heterocycles. The molecule has 0 bridgehead atoms. The summed E-state index contributed by atoms with van der Waals surface area (Å²) in [5.74, 6) is -1.62. The van der Waals surface area contributed by atoms with Crippen LogP contribution in [0.2, 0.25) is 10.0 Å². The molecule has 0 spiro atoms. The largest absolute Gasteiger partial charge is 0.477 e. The monoisotopic (exact) mass is 540 g/mol. The Bertz CT molecular complexity index is 1190. The van der Waals surface area contributed by atoms with Crippen LogP contribution >= 0.6 is 46.7 Å². The number of aromatic nitrogens is 1. The lowest BCUT2D eigenvalue weighted by atomic mass is 10.0. The van der Waals surface area contributed by atoms with Crippen molar-refractivity contribution in [2.75, 3.05) is 11.5 Å². The number of carboxylic acid groups (broad SMARTS) is 1. The summed E-state index contributed by atoms with van der Waals surface area (Å²) in [6.45, 7) is 0.0391. The highest BCUT2D eigenvalue weighted by Gasteiger charge is 2.54. The normalized spacial score (nSPS) is 19.5. The number of rotatable bonds is 8. The van der Waals surface area contributed by atoms with Crippen molar-refractivity contribution >= 4 is 64.5 Å². The van der Waals surface area contributed by atoms with Gasteiger partial charge in [-0.25, -0.2) is 4.79 Å². The lowest BCUT2D eigenvalue weighted by molar-refractivity contribution is -0.698. The molecule has 2 aliphatic rings. The van der Waals surface area contributed by atoms with Gasteiger partial charge in [-0.1, -0.05) is 29.3 Å². The van der Waals surface area contributed by atoms with E-state index in [9.17, 15) is 24.6 Å². The Balaban J connectivity index is 1.44. The van der Waals surface area contributed by atoms with E-state index in [-0.39, 0.29) is 30.5 Å². The van der Waals surface area contributed by atoms with Crippen molar-refractivity contribution in [2.45, 2.75) is 29.5 Å². The summed E-state index contributed by atoms with van der Waals surface area (Å²) >= 11 is 14.7. The highest BCUT2D eigenvalue weighted by Crippen LogP contribution is 2.40. The van der Waals surface area contributed by atoms with E-state index in [1.165, 1.54) is 28.4 Å². The Labute approximate surface area is 213 Å². The number of hydrogen-bond acceptors (Lipinski definition) is 6. The molecule has 34 heavy (non-hydrogen) atoms. The lowest BCUT2D eigenvalue weighted by Gasteiger charge is -2.49. The summed E-state index contributed by atoms with van der Waals surface area (Å²) in [5.41, 5.74) is 1.12. The standard InChI is InChI=1S/C22H19Cl2N3O5S2/c23-13-4-5-15(24)16(7-13)33-11-17(29)25-18-20(30)27-19(22(31)32)12(10-34-21(18)27)8-26-6-2-1-3-14(26)9-28/h1-7,18,21,28H,8-11H2,(H-,25,29,31,32)/p+1/t18-,21+/m0/s1. The van der Waals surface area contributed by atoms with E-state index in [2.05, 4.69) is 5.32 Å². The van der Waals surface area contributed by atoms with Crippen molar-refractivity contribution in [1.29, 1.82) is 0 Å². The average molecular weight is 541 g/mol. The van der Waals surface area contributed by atoms with Gasteiger partial charge in [0.2, 0.25) is 11.6 Å². The van der Waals surface area contributed by atoms with Crippen molar-refractivity contribution in [2.24, 2.45) is 0 Å². The molecular weight excluding hydrogens is 521 g/mol. The van der Waals surface area contributed by atoms with E-state index < -0.39 is 23.3 Å². The summed E-state index contributed by atoms with van der Waals surface area (Å²) in [6, 6.07) is 9.46. The number of nitrogens with one attached hydrogen (secondary N) is 1. The summed E-state index contributed by atoms with van der Waals surface area (Å²) in [6.07, 6.45) is 1.75. The van der Waals surface area contributed by atoms with Crippen LogP contribution < -0.4 is 9.88 Å². The van der Waals surface area contributed by atoms with E-state index in [0.29, 0.717) is 32.0 Å². The quantitative estimate of drug-likeness (QED) is 0.267. The Kier molecular flexibility index (Phi) is 7.73. The molecule has 3 N–H and O–H groups in total. The number of carbonyl (C=O) groups is 3. The van der Waals surface area contributed by atoms with Crippen LogP contribution in [0.3, 0.4) is 0 Å². The second kappa shape index (κ2) is 10.6. The number of aliphatic hydroxyl groups excluding tert-OH is 1. The number of benzene rings is 1. The second-order valence-corrected chi connectivity index (χ2v) is 10.5. The van der Waals surface area contributed by atoms with Gasteiger partial charge in [-0.15, -0.1) is 23.5 Å². The van der Waals surface area contributed by atoms with Gasteiger partial charge >= 0.3 is 5.97 Å². The first-order chi connectivity index (χ1) is 16.3. The van der Waals surface area contributed by atoms with Crippen molar-refractivity contribution in [1.82, 2.24) is 10.2 Å². The molecule has 1 aromatic heterocycles. The van der Waals surface area contributed by atoms with Crippen molar-refractivity contribution in [3.63, 3.8) is 0 Å². The summed E-state index contributed by atoms with van der Waals surface area (Å²) in [5, 5.41) is 22.6. The Morgan fingerprint density at radius 3 is 2.79 bits per heavy atom. The van der Waals surface area contributed by atoms with Gasteiger partial charge in [-0.05, 0) is 18.2 Å². The van der Waals surface area contributed by atoms with Crippen LogP contribution in [0.25, 0.3) is 0 Å². The molecule has 0 unspecified atom stereocenters. The number of aliphatic hydroxyl groups is 1. The van der Waals surface area contributed by atoms with Gasteiger partial charge in [0, 0.05) is 33.4 Å². The summed E-state index contributed by atoms with van der Waals surface area (Å²) in [7, 11) is 0. The molecule has 0 aliphatic carbocycles. The van der Waals surface area contributed by atoms with E-state index in [4.69, 9.17) is 23.2 Å². The zero-order chi connectivity index (χ0) is 24.4. The maximum absolute atomic E-state index is 12.8. The number of amides is 2. The van der Waals surface area contributed by atoms with E-state index in [1.54, 1.807) is 47.2 Å². The number of pyridine rings is 1. The second-order valence-electron chi connectivity index (χ2n) is 7.55. The number of carboxylic acids is 1. The Morgan fingerprint density at radius 1 is 1.26 bits per heavy atom. The van der Waals surface area contributed by atoms with E-state index in [1.807, 2.05) is 0 Å². The van der Waals surface area contributed by atoms with Gasteiger partial charge in [-0.3, -0.25) is 14.5 Å². The predicted octanol–water partition coefficient (Wildman–Crippen LogP) is 2.30. The van der Waals surface area contributed by atoms with Gasteiger partial charge in [0.05, 0.1) is 10.8 Å². The number of β-lactam (4-membered cyclic amide) rings is 1. The SMILES string of the molecule is O=C(CSc1cc(Cl)ccc1Cl)N[C@H]1C(=O)N2C(C(=O)O)=C(C[n+]3ccccc3CO)CS[C@H]12. The molecule has 1 fully saturated rings. The molecular formula is C22H20Cl2N3O5S2+. The number of thioether (sulfide) groups is 2. The first kappa shape index (κ1) is 24.9. The smallest absolute Gasteiger partial charge is 0.352 e. The molecule has 2 amide bonds. The number of nitrogens with zero attached hydrogens (tertiary/aromatic N) is 2. The van der Waals surface area contributed by atoms with Crippen LogP contribution in [-0.2, 0) is 27.5 Å². The molecule has 178 valence electrons. The number of halogens is 2. The van der Waals surface area contributed by atoms with E-state index >= 15 is 0 Å². The van der Waals surface area contributed by atoms with E-state index in [0.717, 1.165) is 0 Å². The molecule has 1 saturated heterocycles. The van der Waals surface area contributed by atoms with Gasteiger partial charge < -0.3 is 15.5 Å². The van der Waals surface area contributed by atoms with Crippen LogP contribution in [0.4, 0.5) is 0 Å². The van der Waals surface area contributed by atoms with Gasteiger partial charge in [-0.2, -0.15) is 4.57 Å². The molecule has 2 atom stereocenters. The number of carbonyl (C=O) groups excluding carboxylic acids is 2. The van der Waals surface area contributed by atoms with Crippen LogP contribution in [0.15, 0.2) is 58.8 Å². The maximum Gasteiger partial charge on any atom is 0.352 e. The molecule has 2 aromatic rings. The van der Waals surface area contributed by atoms with Gasteiger partial charge in [0.25, 0.3) is 5.91 Å². The Morgan fingerprint density at radius 2 is 2.06 bits per heavy atom. The van der Waals surface area contributed by atoms with Crippen LogP contribution in [0.5, 0.6) is 0 Å². The molecule has 0 saturated carbocycles. The van der Waals surface area contributed by atoms with Crippen molar-refractivity contribution < 1.29 is 29.2 Å². The minimum absolute atomic E-state index is 0.0304.